The molecule has 102 valence electrons. The third kappa shape index (κ3) is 3.50. The van der Waals surface area contributed by atoms with E-state index in [9.17, 15) is 4.79 Å². The number of halogens is 1. The van der Waals surface area contributed by atoms with Crippen LogP contribution in [0.4, 0.5) is 0 Å². The highest BCUT2D eigenvalue weighted by Crippen LogP contribution is 2.15. The molecule has 1 saturated heterocycles. The molecule has 2 rings (SSSR count). The summed E-state index contributed by atoms with van der Waals surface area (Å²) >= 11 is 0. The molecule has 0 aliphatic carbocycles. The van der Waals surface area contributed by atoms with Crippen molar-refractivity contribution in [2.75, 3.05) is 13.1 Å². The molecule has 2 atom stereocenters. The molecule has 0 bridgehead atoms. The first-order valence-electron chi connectivity index (χ1n) is 6.24. The van der Waals surface area contributed by atoms with E-state index in [4.69, 9.17) is 4.42 Å². The smallest absolute Gasteiger partial charge is 0.255 e. The zero-order valence-electron chi connectivity index (χ0n) is 10.9. The summed E-state index contributed by atoms with van der Waals surface area (Å²) in [7, 11) is 0. The third-order valence-electron chi connectivity index (χ3n) is 3.50. The minimum absolute atomic E-state index is 0. The zero-order chi connectivity index (χ0) is 12.3. The van der Waals surface area contributed by atoms with Crippen molar-refractivity contribution >= 4 is 18.3 Å². The van der Waals surface area contributed by atoms with Crippen molar-refractivity contribution in [2.45, 2.75) is 32.7 Å². The van der Waals surface area contributed by atoms with Gasteiger partial charge in [-0.1, -0.05) is 0 Å². The molecular formula is C13H21ClN2O2. The average Bonchev–Trinajstić information content (AvgIpc) is 2.76. The van der Waals surface area contributed by atoms with E-state index in [1.807, 2.05) is 6.92 Å². The second kappa shape index (κ2) is 6.81. The first-order chi connectivity index (χ1) is 8.18. The molecule has 2 heterocycles. The fraction of sp³-hybridized carbons (Fsp3) is 0.615. The first kappa shape index (κ1) is 15.1. The van der Waals surface area contributed by atoms with Gasteiger partial charge in [0, 0.05) is 6.04 Å². The maximum atomic E-state index is 12.0. The summed E-state index contributed by atoms with van der Waals surface area (Å²) in [6.07, 6.45) is 3.92. The van der Waals surface area contributed by atoms with Crippen LogP contribution in [-0.4, -0.2) is 25.0 Å². The lowest BCUT2D eigenvalue weighted by Gasteiger charge is -2.28. The predicted octanol–water partition coefficient (Wildman–Crippen LogP) is 2.13. The molecule has 1 aromatic rings. The van der Waals surface area contributed by atoms with Crippen LogP contribution >= 0.6 is 12.4 Å². The van der Waals surface area contributed by atoms with Crippen molar-refractivity contribution < 1.29 is 9.21 Å². The van der Waals surface area contributed by atoms with Gasteiger partial charge in [-0.25, -0.2) is 0 Å². The number of amides is 1. The Morgan fingerprint density at radius 3 is 2.94 bits per heavy atom. The summed E-state index contributed by atoms with van der Waals surface area (Å²) < 4.78 is 5.14. The van der Waals surface area contributed by atoms with Gasteiger partial charge in [-0.2, -0.15) is 0 Å². The fourth-order valence-corrected chi connectivity index (χ4v) is 2.33. The van der Waals surface area contributed by atoms with Crippen LogP contribution < -0.4 is 10.6 Å². The van der Waals surface area contributed by atoms with E-state index >= 15 is 0 Å². The molecule has 1 fully saturated rings. The minimum Gasteiger partial charge on any atom is -0.469 e. The fourth-order valence-electron chi connectivity index (χ4n) is 2.33. The van der Waals surface area contributed by atoms with Crippen molar-refractivity contribution in [3.63, 3.8) is 0 Å². The van der Waals surface area contributed by atoms with Gasteiger partial charge in [-0.3, -0.25) is 4.79 Å². The minimum atomic E-state index is -0.0330. The first-order valence-corrected chi connectivity index (χ1v) is 6.24. The lowest BCUT2D eigenvalue weighted by atomic mass is 9.92. The Bertz CT molecular complexity index is 386. The molecule has 2 N–H and O–H groups in total. The van der Waals surface area contributed by atoms with E-state index in [0.717, 1.165) is 13.1 Å². The molecule has 1 amide bonds. The van der Waals surface area contributed by atoms with Gasteiger partial charge in [-0.15, -0.1) is 12.4 Å². The number of piperidine rings is 1. The van der Waals surface area contributed by atoms with Gasteiger partial charge in [0.05, 0.1) is 11.8 Å². The van der Waals surface area contributed by atoms with Crippen molar-refractivity contribution in [2.24, 2.45) is 5.92 Å². The van der Waals surface area contributed by atoms with Crippen LogP contribution in [0.1, 0.15) is 35.9 Å². The van der Waals surface area contributed by atoms with E-state index in [1.165, 1.54) is 12.8 Å². The maximum Gasteiger partial charge on any atom is 0.255 e. The number of carbonyl (C=O) groups is 1. The molecule has 0 radical (unpaired) electrons. The Labute approximate surface area is 114 Å². The van der Waals surface area contributed by atoms with Crippen LogP contribution in [0.15, 0.2) is 16.7 Å². The molecule has 18 heavy (non-hydrogen) atoms. The van der Waals surface area contributed by atoms with Crippen molar-refractivity contribution in [3.8, 4) is 0 Å². The Balaban J connectivity index is 0.00000162. The summed E-state index contributed by atoms with van der Waals surface area (Å²) in [4.78, 5) is 12.0. The number of rotatable bonds is 3. The van der Waals surface area contributed by atoms with Gasteiger partial charge in [0.15, 0.2) is 0 Å². The van der Waals surface area contributed by atoms with Gasteiger partial charge in [0.1, 0.15) is 5.76 Å². The van der Waals surface area contributed by atoms with Gasteiger partial charge < -0.3 is 15.1 Å². The van der Waals surface area contributed by atoms with Crippen molar-refractivity contribution in [1.82, 2.24) is 10.6 Å². The number of hydrogen-bond acceptors (Lipinski definition) is 3. The van der Waals surface area contributed by atoms with Crippen LogP contribution in [0.25, 0.3) is 0 Å². The van der Waals surface area contributed by atoms with Crippen LogP contribution in [0.5, 0.6) is 0 Å². The van der Waals surface area contributed by atoms with Gasteiger partial charge in [0.25, 0.3) is 5.91 Å². The van der Waals surface area contributed by atoms with E-state index in [2.05, 4.69) is 17.6 Å². The highest BCUT2D eigenvalue weighted by Gasteiger charge is 2.22. The maximum absolute atomic E-state index is 12.0. The van der Waals surface area contributed by atoms with E-state index in [-0.39, 0.29) is 24.4 Å². The van der Waals surface area contributed by atoms with E-state index < -0.39 is 0 Å². The van der Waals surface area contributed by atoms with E-state index in [0.29, 0.717) is 17.2 Å². The van der Waals surface area contributed by atoms with E-state index in [1.54, 1.807) is 12.3 Å². The third-order valence-corrected chi connectivity index (χ3v) is 3.50. The normalized spacial score (nSPS) is 20.9. The highest BCUT2D eigenvalue weighted by atomic mass is 35.5. The molecule has 1 aromatic heterocycles. The highest BCUT2D eigenvalue weighted by molar-refractivity contribution is 5.95. The molecule has 0 aromatic carbocycles. The summed E-state index contributed by atoms with van der Waals surface area (Å²) in [5.74, 6) is 1.17. The molecule has 4 nitrogen and oxygen atoms in total. The molecule has 0 spiro atoms. The molecule has 5 heteroatoms. The Hall–Kier alpha value is -1.00. The lowest BCUT2D eigenvalue weighted by molar-refractivity contribution is 0.0920. The Morgan fingerprint density at radius 1 is 1.61 bits per heavy atom. The largest absolute Gasteiger partial charge is 0.469 e. The van der Waals surface area contributed by atoms with Gasteiger partial charge in [0.2, 0.25) is 0 Å². The molecular weight excluding hydrogens is 252 g/mol. The number of nitrogens with one attached hydrogen (secondary N) is 2. The second-order valence-corrected chi connectivity index (χ2v) is 4.76. The van der Waals surface area contributed by atoms with Crippen molar-refractivity contribution in [3.05, 3.63) is 23.7 Å². The summed E-state index contributed by atoms with van der Waals surface area (Å²) in [5.41, 5.74) is 0.639. The van der Waals surface area contributed by atoms with Crippen LogP contribution in [0.2, 0.25) is 0 Å². The Kier molecular flexibility index (Phi) is 5.69. The SMILES string of the molecule is Cc1occc1C(=O)NC(C)C1CCCNC1.Cl. The predicted molar refractivity (Wildman–Crippen MR) is 73.2 cm³/mol. The van der Waals surface area contributed by atoms with Crippen LogP contribution in [-0.2, 0) is 0 Å². The van der Waals surface area contributed by atoms with Crippen molar-refractivity contribution in [1.29, 1.82) is 0 Å². The number of aryl methyl sites for hydroxylation is 1. The molecule has 2 unspecified atom stereocenters. The zero-order valence-corrected chi connectivity index (χ0v) is 11.7. The summed E-state index contributed by atoms with van der Waals surface area (Å²) in [5, 5.41) is 6.42. The summed E-state index contributed by atoms with van der Waals surface area (Å²) in [6, 6.07) is 1.92. The standard InChI is InChI=1S/C13H20N2O2.ClH/c1-9(11-4-3-6-14-8-11)15-13(16)12-5-7-17-10(12)2;/h5,7,9,11,14H,3-4,6,8H2,1-2H3,(H,15,16);1H. The average molecular weight is 273 g/mol. The van der Waals surface area contributed by atoms with Gasteiger partial charge >= 0.3 is 0 Å². The molecule has 0 saturated carbocycles. The number of hydrogen-bond donors (Lipinski definition) is 2. The lowest BCUT2D eigenvalue weighted by Crippen LogP contribution is -2.44. The topological polar surface area (TPSA) is 54.3 Å². The Morgan fingerprint density at radius 2 is 2.39 bits per heavy atom. The number of furan rings is 1. The molecule has 1 aliphatic rings. The number of carbonyl (C=O) groups excluding carboxylic acids is 1. The summed E-state index contributed by atoms with van der Waals surface area (Å²) in [6.45, 7) is 5.97. The van der Waals surface area contributed by atoms with Gasteiger partial charge in [-0.05, 0) is 51.8 Å². The monoisotopic (exact) mass is 272 g/mol. The van der Waals surface area contributed by atoms with Crippen LogP contribution in [0, 0.1) is 12.8 Å². The quantitative estimate of drug-likeness (QED) is 0.886. The second-order valence-electron chi connectivity index (χ2n) is 4.76. The molecule has 1 aliphatic heterocycles. The van der Waals surface area contributed by atoms with Crippen LogP contribution in [0.3, 0.4) is 0 Å².